The van der Waals surface area contributed by atoms with Gasteiger partial charge in [-0.3, -0.25) is 19.0 Å². The smallest absolute Gasteiger partial charge is 0.264 e. The number of fused-ring (bicyclic) bond motifs is 1. The largest absolute Gasteiger partial charge is 0.388 e. The molecule has 6 rings (SSSR count). The van der Waals surface area contributed by atoms with Crippen LogP contribution in [0.25, 0.3) is 27.8 Å². The number of carbonyl (C=O) groups is 2. The van der Waals surface area contributed by atoms with Gasteiger partial charge in [-0.25, -0.2) is 9.67 Å². The van der Waals surface area contributed by atoms with E-state index in [1.54, 1.807) is 9.58 Å². The third kappa shape index (κ3) is 4.60. The summed E-state index contributed by atoms with van der Waals surface area (Å²) in [6.45, 7) is 4.81. The van der Waals surface area contributed by atoms with Crippen molar-refractivity contribution in [2.45, 2.75) is 37.5 Å². The van der Waals surface area contributed by atoms with Crippen molar-refractivity contribution in [1.82, 2.24) is 29.1 Å². The molecule has 2 amide bonds. The van der Waals surface area contributed by atoms with Gasteiger partial charge in [0.05, 0.1) is 24.0 Å². The van der Waals surface area contributed by atoms with Gasteiger partial charge in [-0.15, -0.1) is 0 Å². The van der Waals surface area contributed by atoms with Gasteiger partial charge in [0.15, 0.2) is 5.65 Å². The molecule has 10 heteroatoms. The van der Waals surface area contributed by atoms with E-state index in [1.165, 1.54) is 28.1 Å². The zero-order valence-electron chi connectivity index (χ0n) is 22.0. The molecule has 0 radical (unpaired) electrons. The summed E-state index contributed by atoms with van der Waals surface area (Å²) in [5.41, 5.74) is 1.98. The molecule has 40 heavy (non-hydrogen) atoms. The molecule has 4 aromatic rings. The Morgan fingerprint density at radius 1 is 1.02 bits per heavy atom. The molecule has 0 spiro atoms. The van der Waals surface area contributed by atoms with Crippen LogP contribution >= 0.6 is 0 Å². The van der Waals surface area contributed by atoms with Crippen LogP contribution in [0.5, 0.6) is 0 Å². The van der Waals surface area contributed by atoms with Gasteiger partial charge in [-0.05, 0) is 48.6 Å². The zero-order valence-corrected chi connectivity index (χ0v) is 22.0. The van der Waals surface area contributed by atoms with E-state index in [0.29, 0.717) is 49.9 Å². The lowest BCUT2D eigenvalue weighted by molar-refractivity contribution is -0.153. The van der Waals surface area contributed by atoms with Gasteiger partial charge in [0.25, 0.3) is 5.56 Å². The monoisotopic (exact) mass is 538 g/mol. The van der Waals surface area contributed by atoms with Gasteiger partial charge >= 0.3 is 0 Å². The van der Waals surface area contributed by atoms with Crippen LogP contribution < -0.4 is 5.56 Å². The van der Waals surface area contributed by atoms with Crippen LogP contribution in [0.15, 0.2) is 84.6 Å². The molecule has 0 saturated carbocycles. The van der Waals surface area contributed by atoms with Gasteiger partial charge in [0.2, 0.25) is 11.8 Å². The van der Waals surface area contributed by atoms with E-state index in [-0.39, 0.29) is 23.9 Å². The van der Waals surface area contributed by atoms with Crippen molar-refractivity contribution in [2.24, 2.45) is 0 Å². The van der Waals surface area contributed by atoms with Crippen molar-refractivity contribution >= 4 is 22.8 Å². The molecule has 2 fully saturated rings. The highest BCUT2D eigenvalue weighted by Crippen LogP contribution is 2.28. The van der Waals surface area contributed by atoms with Crippen LogP contribution in [-0.2, 0) is 16.1 Å². The first kappa shape index (κ1) is 25.7. The van der Waals surface area contributed by atoms with Gasteiger partial charge in [-0.1, -0.05) is 49.0 Å². The Morgan fingerprint density at radius 3 is 2.38 bits per heavy atom. The van der Waals surface area contributed by atoms with Crippen molar-refractivity contribution in [2.75, 3.05) is 19.6 Å². The average molecular weight is 539 g/mol. The van der Waals surface area contributed by atoms with Crippen LogP contribution in [-0.4, -0.2) is 77.3 Å². The second-order valence-corrected chi connectivity index (χ2v) is 10.5. The fourth-order valence-corrected chi connectivity index (χ4v) is 5.53. The highest BCUT2D eigenvalue weighted by molar-refractivity contribution is 5.94. The van der Waals surface area contributed by atoms with Crippen LogP contribution in [0.1, 0.15) is 19.3 Å². The van der Waals surface area contributed by atoms with Gasteiger partial charge in [0.1, 0.15) is 17.8 Å². The lowest BCUT2D eigenvalue weighted by Crippen LogP contribution is -2.60. The molecule has 2 aliphatic rings. The van der Waals surface area contributed by atoms with Gasteiger partial charge in [-0.2, -0.15) is 5.10 Å². The highest BCUT2D eigenvalue weighted by Gasteiger charge is 2.42. The minimum absolute atomic E-state index is 0.0677. The third-order valence-electron chi connectivity index (χ3n) is 8.01. The van der Waals surface area contributed by atoms with Crippen LogP contribution in [0.4, 0.5) is 0 Å². The normalized spacial score (nSPS) is 18.4. The summed E-state index contributed by atoms with van der Waals surface area (Å²) in [6.07, 6.45) is 5.44. The van der Waals surface area contributed by atoms with Crippen LogP contribution in [0.2, 0.25) is 0 Å². The van der Waals surface area contributed by atoms with Crippen molar-refractivity contribution in [3.63, 3.8) is 0 Å². The zero-order chi connectivity index (χ0) is 27.9. The number of likely N-dealkylation sites (tertiary alicyclic amines) is 2. The Morgan fingerprint density at radius 2 is 1.73 bits per heavy atom. The number of piperidine rings is 1. The SMILES string of the molecule is C=CC(=O)N1CCC1C(=O)N1CCC(O)(Cn2cnc3c(cnn3-c3ccc(-c4ccccc4)cc3)c2=O)CC1. The summed E-state index contributed by atoms with van der Waals surface area (Å²) in [7, 11) is 0. The molecule has 1 unspecified atom stereocenters. The molecule has 2 saturated heterocycles. The van der Waals surface area contributed by atoms with E-state index in [2.05, 4.69) is 16.7 Å². The van der Waals surface area contributed by atoms with Crippen LogP contribution in [0, 0.1) is 0 Å². The first-order valence-electron chi connectivity index (χ1n) is 13.4. The van der Waals surface area contributed by atoms with E-state index in [0.717, 1.165) is 16.8 Å². The lowest BCUT2D eigenvalue weighted by Gasteiger charge is -2.44. The molecule has 2 aromatic carbocycles. The molecule has 4 heterocycles. The Balaban J connectivity index is 1.15. The van der Waals surface area contributed by atoms with Crippen LogP contribution in [0.3, 0.4) is 0 Å². The molecular formula is C30H30N6O4. The third-order valence-corrected chi connectivity index (χ3v) is 8.01. The van der Waals surface area contributed by atoms with Crippen molar-refractivity contribution in [1.29, 1.82) is 0 Å². The number of hydrogen-bond acceptors (Lipinski definition) is 6. The number of aromatic nitrogens is 4. The van der Waals surface area contributed by atoms with E-state index < -0.39 is 11.6 Å². The Kier molecular flexibility index (Phi) is 6.55. The number of amides is 2. The molecule has 0 aliphatic carbocycles. The Bertz CT molecular complexity index is 1630. The van der Waals surface area contributed by atoms with E-state index >= 15 is 0 Å². The average Bonchev–Trinajstić information content (AvgIpc) is 3.40. The summed E-state index contributed by atoms with van der Waals surface area (Å²) < 4.78 is 3.05. The molecule has 204 valence electrons. The molecular weight excluding hydrogens is 508 g/mol. The Labute approximate surface area is 230 Å². The lowest BCUT2D eigenvalue weighted by atomic mass is 9.90. The quantitative estimate of drug-likeness (QED) is 0.377. The molecule has 0 bridgehead atoms. The predicted octanol–water partition coefficient (Wildman–Crippen LogP) is 2.39. The summed E-state index contributed by atoms with van der Waals surface area (Å²) in [5, 5.41) is 16.1. The number of nitrogens with zero attached hydrogens (tertiary/aromatic N) is 6. The maximum atomic E-state index is 13.3. The second-order valence-electron chi connectivity index (χ2n) is 10.5. The highest BCUT2D eigenvalue weighted by atomic mass is 16.3. The Hall–Kier alpha value is -4.57. The number of benzene rings is 2. The van der Waals surface area contributed by atoms with Gasteiger partial charge < -0.3 is 14.9 Å². The predicted molar refractivity (Wildman–Crippen MR) is 150 cm³/mol. The molecule has 1 atom stereocenters. The molecule has 2 aliphatic heterocycles. The van der Waals surface area contributed by atoms with E-state index in [4.69, 9.17) is 0 Å². The first-order chi connectivity index (χ1) is 19.4. The number of hydrogen-bond donors (Lipinski definition) is 1. The summed E-state index contributed by atoms with van der Waals surface area (Å²) >= 11 is 0. The maximum absolute atomic E-state index is 13.3. The first-order valence-corrected chi connectivity index (χ1v) is 13.4. The number of carbonyl (C=O) groups excluding carboxylic acids is 2. The minimum Gasteiger partial charge on any atom is -0.388 e. The molecule has 10 nitrogen and oxygen atoms in total. The fraction of sp³-hybridized carbons (Fsp3) is 0.300. The molecule has 2 aromatic heterocycles. The van der Waals surface area contributed by atoms with Crippen molar-refractivity contribution < 1.29 is 14.7 Å². The van der Waals surface area contributed by atoms with Crippen molar-refractivity contribution in [3.05, 3.63) is 90.1 Å². The minimum atomic E-state index is -1.16. The fourth-order valence-electron chi connectivity index (χ4n) is 5.53. The second kappa shape index (κ2) is 10.2. The van der Waals surface area contributed by atoms with Crippen molar-refractivity contribution in [3.8, 4) is 16.8 Å². The maximum Gasteiger partial charge on any atom is 0.264 e. The summed E-state index contributed by atoms with van der Waals surface area (Å²) in [5.74, 6) is -0.346. The number of rotatable bonds is 6. The molecule has 1 N–H and O–H groups in total. The summed E-state index contributed by atoms with van der Waals surface area (Å²) in [4.78, 5) is 45.9. The number of aliphatic hydroxyl groups is 1. The van der Waals surface area contributed by atoms with E-state index in [9.17, 15) is 19.5 Å². The standard InChI is InChI=1S/C30H30N6O4/c1-2-26(37)35-15-12-25(35)29(39)33-16-13-30(40,14-17-33)19-34-20-31-27-24(28(34)38)18-32-36(27)23-10-8-22(9-11-23)21-6-4-3-5-7-21/h2-11,18,20,25,40H,1,12-17,19H2. The van der Waals surface area contributed by atoms with Gasteiger partial charge in [0, 0.05) is 19.6 Å². The van der Waals surface area contributed by atoms with E-state index in [1.807, 2.05) is 54.6 Å². The summed E-state index contributed by atoms with van der Waals surface area (Å²) in [6, 6.07) is 17.5. The topological polar surface area (TPSA) is 114 Å².